The van der Waals surface area contributed by atoms with E-state index in [1.165, 1.54) is 6.42 Å². The number of carbonyl (C=O) groups excluding carboxylic acids is 1. The van der Waals surface area contributed by atoms with Crippen LogP contribution < -0.4 is 5.32 Å². The highest BCUT2D eigenvalue weighted by molar-refractivity contribution is 9.10. The fourth-order valence-electron chi connectivity index (χ4n) is 3.11. The topological polar surface area (TPSA) is 68.0 Å². The van der Waals surface area contributed by atoms with Crippen molar-refractivity contribution in [3.05, 3.63) is 52.1 Å². The zero-order chi connectivity index (χ0) is 17.0. The molecule has 1 amide bonds. The number of carbonyl (C=O) groups is 1. The van der Waals surface area contributed by atoms with Crippen molar-refractivity contribution in [2.24, 2.45) is 0 Å². The van der Waals surface area contributed by atoms with E-state index in [0.29, 0.717) is 11.7 Å². The molecule has 1 aromatic heterocycles. The molecule has 126 valence electrons. The number of hydrogen-bond donors (Lipinski definition) is 1. The molecule has 1 saturated carbocycles. The molecule has 1 fully saturated rings. The lowest BCUT2D eigenvalue weighted by molar-refractivity contribution is -0.119. The number of halogens is 1. The Morgan fingerprint density at radius 3 is 2.79 bits per heavy atom. The van der Waals surface area contributed by atoms with Crippen LogP contribution in [0, 0.1) is 6.92 Å². The molecule has 0 unspecified atom stereocenters. The molecule has 0 spiro atoms. The van der Waals surface area contributed by atoms with Gasteiger partial charge in [-0.05, 0) is 36.6 Å². The minimum atomic E-state index is -0.519. The monoisotopic (exact) mass is 389 g/mol. The minimum Gasteiger partial charge on any atom is -0.340 e. The number of nitrogens with one attached hydrogen (secondary N) is 1. The molecule has 1 heterocycles. The van der Waals surface area contributed by atoms with Gasteiger partial charge in [0.2, 0.25) is 11.8 Å². The van der Waals surface area contributed by atoms with Gasteiger partial charge in [-0.3, -0.25) is 4.79 Å². The van der Waals surface area contributed by atoms with Crippen LogP contribution in [-0.4, -0.2) is 16.0 Å². The largest absolute Gasteiger partial charge is 0.340 e. The van der Waals surface area contributed by atoms with Crippen LogP contribution in [0.2, 0.25) is 0 Å². The summed E-state index contributed by atoms with van der Waals surface area (Å²) in [5.41, 5.74) is 0.446. The predicted molar refractivity (Wildman–Crippen MR) is 95.1 cm³/mol. The maximum Gasteiger partial charge on any atom is 0.244 e. The van der Waals surface area contributed by atoms with Crippen LogP contribution in [0.1, 0.15) is 49.4 Å². The Morgan fingerprint density at radius 1 is 1.33 bits per heavy atom. The summed E-state index contributed by atoms with van der Waals surface area (Å²) in [7, 11) is 0. The van der Waals surface area contributed by atoms with Gasteiger partial charge in [-0.15, -0.1) is 0 Å². The van der Waals surface area contributed by atoms with Gasteiger partial charge in [-0.2, -0.15) is 4.98 Å². The van der Waals surface area contributed by atoms with Crippen LogP contribution in [0.4, 0.5) is 0 Å². The van der Waals surface area contributed by atoms with Gasteiger partial charge >= 0.3 is 0 Å². The molecule has 3 rings (SSSR count). The molecule has 5 nitrogen and oxygen atoms in total. The van der Waals surface area contributed by atoms with Crippen molar-refractivity contribution in [3.63, 3.8) is 0 Å². The third-order valence-corrected chi connectivity index (χ3v) is 4.79. The Bertz CT molecular complexity index is 748. The Labute approximate surface area is 149 Å². The minimum absolute atomic E-state index is 0.140. The van der Waals surface area contributed by atoms with Crippen molar-refractivity contribution in [2.45, 2.75) is 44.6 Å². The van der Waals surface area contributed by atoms with Crippen LogP contribution >= 0.6 is 15.9 Å². The van der Waals surface area contributed by atoms with E-state index >= 15 is 0 Å². The Morgan fingerprint density at radius 2 is 2.12 bits per heavy atom. The average molecular weight is 390 g/mol. The fraction of sp³-hybridized carbons (Fsp3) is 0.389. The van der Waals surface area contributed by atoms with Gasteiger partial charge in [0, 0.05) is 17.5 Å². The number of benzene rings is 1. The van der Waals surface area contributed by atoms with Gasteiger partial charge < -0.3 is 9.84 Å². The maximum absolute atomic E-state index is 12.5. The smallest absolute Gasteiger partial charge is 0.244 e. The molecule has 1 aliphatic carbocycles. The van der Waals surface area contributed by atoms with Crippen molar-refractivity contribution >= 4 is 27.9 Å². The van der Waals surface area contributed by atoms with E-state index in [9.17, 15) is 4.79 Å². The highest BCUT2D eigenvalue weighted by atomic mass is 79.9. The van der Waals surface area contributed by atoms with Crippen molar-refractivity contribution < 1.29 is 9.32 Å². The van der Waals surface area contributed by atoms with Crippen molar-refractivity contribution in [2.75, 3.05) is 0 Å². The van der Waals surface area contributed by atoms with Crippen LogP contribution in [-0.2, 0) is 10.3 Å². The van der Waals surface area contributed by atoms with Crippen LogP contribution in [0.5, 0.6) is 0 Å². The molecule has 0 radical (unpaired) electrons. The molecule has 0 aliphatic heterocycles. The Balaban J connectivity index is 1.76. The first-order valence-electron chi connectivity index (χ1n) is 8.14. The van der Waals surface area contributed by atoms with E-state index in [1.807, 2.05) is 24.3 Å². The first-order chi connectivity index (χ1) is 11.6. The number of hydrogen-bond acceptors (Lipinski definition) is 4. The lowest BCUT2D eigenvalue weighted by Gasteiger charge is -2.34. The van der Waals surface area contributed by atoms with E-state index in [-0.39, 0.29) is 5.91 Å². The van der Waals surface area contributed by atoms with Crippen molar-refractivity contribution in [1.29, 1.82) is 0 Å². The Kier molecular flexibility index (Phi) is 5.14. The molecular formula is C18H20BrN3O2. The second-order valence-electron chi connectivity index (χ2n) is 6.16. The molecule has 1 aromatic carbocycles. The number of aromatic nitrogens is 2. The van der Waals surface area contributed by atoms with Crippen LogP contribution in [0.3, 0.4) is 0 Å². The summed E-state index contributed by atoms with van der Waals surface area (Å²) in [5.74, 6) is 0.970. The molecule has 0 atom stereocenters. The zero-order valence-corrected chi connectivity index (χ0v) is 15.2. The molecule has 6 heteroatoms. The molecule has 1 N–H and O–H groups in total. The van der Waals surface area contributed by atoms with Gasteiger partial charge in [-0.25, -0.2) is 0 Å². The normalized spacial score (nSPS) is 17.1. The molecule has 1 aliphatic rings. The first kappa shape index (κ1) is 16.9. The zero-order valence-electron chi connectivity index (χ0n) is 13.6. The average Bonchev–Trinajstić information content (AvgIpc) is 3.01. The lowest BCUT2D eigenvalue weighted by atomic mass is 9.81. The molecule has 2 aromatic rings. The third kappa shape index (κ3) is 3.93. The van der Waals surface area contributed by atoms with Gasteiger partial charge in [-0.1, -0.05) is 52.5 Å². The summed E-state index contributed by atoms with van der Waals surface area (Å²) < 4.78 is 6.11. The van der Waals surface area contributed by atoms with E-state index in [1.54, 1.807) is 19.1 Å². The SMILES string of the molecule is Cc1nc(C2(NC(=O)/C=C/c3cccc(Br)c3)CCCCC2)no1. The lowest BCUT2D eigenvalue weighted by Crippen LogP contribution is -2.47. The Hall–Kier alpha value is -1.95. The summed E-state index contributed by atoms with van der Waals surface area (Å²) in [4.78, 5) is 16.8. The highest BCUT2D eigenvalue weighted by Gasteiger charge is 2.39. The van der Waals surface area contributed by atoms with Gasteiger partial charge in [0.1, 0.15) is 5.54 Å². The molecule has 0 bridgehead atoms. The van der Waals surface area contributed by atoms with Gasteiger partial charge in [0.25, 0.3) is 0 Å². The second-order valence-corrected chi connectivity index (χ2v) is 7.07. The molecular weight excluding hydrogens is 370 g/mol. The maximum atomic E-state index is 12.5. The fourth-order valence-corrected chi connectivity index (χ4v) is 3.53. The standard InChI is InChI=1S/C18H20BrN3O2/c1-13-20-17(22-24-13)18(10-3-2-4-11-18)21-16(23)9-8-14-6-5-7-15(19)12-14/h5-9,12H,2-4,10-11H2,1H3,(H,21,23)/b9-8+. The quantitative estimate of drug-likeness (QED) is 0.798. The van der Waals surface area contributed by atoms with E-state index in [2.05, 4.69) is 31.4 Å². The predicted octanol–water partition coefficient (Wildman–Crippen LogP) is 4.13. The van der Waals surface area contributed by atoms with Crippen LogP contribution in [0.25, 0.3) is 6.08 Å². The second kappa shape index (κ2) is 7.30. The number of aryl methyl sites for hydroxylation is 1. The summed E-state index contributed by atoms with van der Waals surface area (Å²) in [5, 5.41) is 7.19. The van der Waals surface area contributed by atoms with E-state index < -0.39 is 5.54 Å². The summed E-state index contributed by atoms with van der Waals surface area (Å²) in [6.07, 6.45) is 8.29. The summed E-state index contributed by atoms with van der Waals surface area (Å²) >= 11 is 3.43. The number of nitrogens with zero attached hydrogens (tertiary/aromatic N) is 2. The van der Waals surface area contributed by atoms with Crippen molar-refractivity contribution in [1.82, 2.24) is 15.5 Å². The molecule has 24 heavy (non-hydrogen) atoms. The van der Waals surface area contributed by atoms with Gasteiger partial charge in [0.15, 0.2) is 5.82 Å². The number of rotatable bonds is 4. The molecule has 0 saturated heterocycles. The van der Waals surface area contributed by atoms with Crippen molar-refractivity contribution in [3.8, 4) is 0 Å². The summed E-state index contributed by atoms with van der Waals surface area (Å²) in [6, 6.07) is 7.80. The van der Waals surface area contributed by atoms with Crippen LogP contribution in [0.15, 0.2) is 39.3 Å². The number of amides is 1. The highest BCUT2D eigenvalue weighted by Crippen LogP contribution is 2.35. The van der Waals surface area contributed by atoms with E-state index in [0.717, 1.165) is 35.7 Å². The van der Waals surface area contributed by atoms with E-state index in [4.69, 9.17) is 4.52 Å². The summed E-state index contributed by atoms with van der Waals surface area (Å²) in [6.45, 7) is 1.77. The first-order valence-corrected chi connectivity index (χ1v) is 8.93. The third-order valence-electron chi connectivity index (χ3n) is 4.30. The van der Waals surface area contributed by atoms with Gasteiger partial charge in [0.05, 0.1) is 0 Å².